The number of alkyl halides is 2. The zero-order valence-electron chi connectivity index (χ0n) is 15.6. The molecule has 0 radical (unpaired) electrons. The van der Waals surface area contributed by atoms with E-state index in [1.165, 1.54) is 6.07 Å². The van der Waals surface area contributed by atoms with Crippen LogP contribution in [0.5, 0.6) is 5.75 Å². The number of benzene rings is 2. The van der Waals surface area contributed by atoms with Crippen molar-refractivity contribution in [1.29, 1.82) is 0 Å². The Morgan fingerprint density at radius 2 is 1.89 bits per heavy atom. The summed E-state index contributed by atoms with van der Waals surface area (Å²) in [6.45, 7) is 1.88. The molecule has 0 aromatic heterocycles. The Bertz CT molecular complexity index is 926. The summed E-state index contributed by atoms with van der Waals surface area (Å²) in [6, 6.07) is 7.86. The van der Waals surface area contributed by atoms with Crippen LogP contribution in [0, 0.1) is 11.7 Å². The fourth-order valence-electron chi connectivity index (χ4n) is 4.03. The number of methoxy groups -OCH3 is 1. The summed E-state index contributed by atoms with van der Waals surface area (Å²) in [4.78, 5) is 2.15. The Kier molecular flexibility index (Phi) is 5.17. The van der Waals surface area contributed by atoms with Crippen LogP contribution in [0.15, 0.2) is 40.9 Å². The van der Waals surface area contributed by atoms with E-state index in [0.29, 0.717) is 11.7 Å². The van der Waals surface area contributed by atoms with Crippen molar-refractivity contribution in [2.45, 2.75) is 38.3 Å². The van der Waals surface area contributed by atoms with Crippen molar-refractivity contribution in [3.8, 4) is 5.75 Å². The van der Waals surface area contributed by atoms with Crippen molar-refractivity contribution in [3.63, 3.8) is 0 Å². The summed E-state index contributed by atoms with van der Waals surface area (Å²) in [6.07, 6.45) is 3.61. The monoisotopic (exact) mass is 451 g/mol. The molecule has 0 bridgehead atoms. The topological polar surface area (TPSA) is 12.5 Å². The predicted octanol–water partition coefficient (Wildman–Crippen LogP) is 6.91. The maximum Gasteiger partial charge on any atom is 0.266 e. The standard InChI is InChI=1S/C22H21BrF3NO/c1-12(15-4-3-5-16(21(15)24)22(25)26)27-18(13-6-7-13)9-8-14-10-17(23)20(28-2)11-19(14)27/h3-5,8-13,18,22H,6-7H2,1-2H3/t12?,18-/m0/s1. The van der Waals surface area contributed by atoms with Crippen LogP contribution < -0.4 is 9.64 Å². The maximum atomic E-state index is 14.9. The quantitative estimate of drug-likeness (QED) is 0.489. The molecule has 2 atom stereocenters. The van der Waals surface area contributed by atoms with E-state index in [0.717, 1.165) is 34.6 Å². The van der Waals surface area contributed by atoms with Crippen molar-refractivity contribution in [2.24, 2.45) is 5.92 Å². The maximum absolute atomic E-state index is 14.9. The van der Waals surface area contributed by atoms with Gasteiger partial charge in [-0.1, -0.05) is 30.4 Å². The Morgan fingerprint density at radius 3 is 2.54 bits per heavy atom. The minimum absolute atomic E-state index is 0.1000. The van der Waals surface area contributed by atoms with Crippen molar-refractivity contribution >= 4 is 27.7 Å². The number of fused-ring (bicyclic) bond motifs is 1. The summed E-state index contributed by atoms with van der Waals surface area (Å²) >= 11 is 3.51. The van der Waals surface area contributed by atoms with Crippen LogP contribution in [0.25, 0.3) is 6.08 Å². The van der Waals surface area contributed by atoms with Crippen LogP contribution in [0.3, 0.4) is 0 Å². The number of rotatable bonds is 5. The van der Waals surface area contributed by atoms with Gasteiger partial charge in [0.1, 0.15) is 11.6 Å². The minimum atomic E-state index is -2.84. The second-order valence-electron chi connectivity index (χ2n) is 7.37. The first-order chi connectivity index (χ1) is 13.4. The van der Waals surface area contributed by atoms with Gasteiger partial charge in [0.2, 0.25) is 0 Å². The summed E-state index contributed by atoms with van der Waals surface area (Å²) < 4.78 is 47.6. The highest BCUT2D eigenvalue weighted by Crippen LogP contribution is 2.47. The molecular weight excluding hydrogens is 431 g/mol. The summed E-state index contributed by atoms with van der Waals surface area (Å²) in [5.74, 6) is 0.352. The number of ether oxygens (including phenoxy) is 1. The first kappa shape index (κ1) is 19.4. The van der Waals surface area contributed by atoms with Crippen molar-refractivity contribution in [2.75, 3.05) is 12.0 Å². The first-order valence-electron chi connectivity index (χ1n) is 9.33. The summed E-state index contributed by atoms with van der Waals surface area (Å²) in [5, 5.41) is 0. The third-order valence-corrected chi connectivity index (χ3v) is 6.26. The van der Waals surface area contributed by atoms with Crippen LogP contribution in [0.2, 0.25) is 0 Å². The average molecular weight is 452 g/mol. The van der Waals surface area contributed by atoms with Crippen LogP contribution in [0.4, 0.5) is 18.9 Å². The normalized spacial score (nSPS) is 19.7. The van der Waals surface area contributed by atoms with E-state index in [4.69, 9.17) is 4.74 Å². The van der Waals surface area contributed by atoms with Crippen molar-refractivity contribution in [3.05, 3.63) is 63.4 Å². The molecule has 2 aromatic carbocycles. The highest BCUT2D eigenvalue weighted by Gasteiger charge is 2.39. The molecule has 0 spiro atoms. The molecule has 2 aliphatic rings. The molecule has 6 heteroatoms. The van der Waals surface area contributed by atoms with Gasteiger partial charge < -0.3 is 9.64 Å². The van der Waals surface area contributed by atoms with Gasteiger partial charge >= 0.3 is 0 Å². The largest absolute Gasteiger partial charge is 0.495 e. The molecule has 4 rings (SSSR count). The van der Waals surface area contributed by atoms with Crippen LogP contribution >= 0.6 is 15.9 Å². The van der Waals surface area contributed by atoms with Crippen LogP contribution in [0.1, 0.15) is 48.9 Å². The lowest BCUT2D eigenvalue weighted by Crippen LogP contribution is -2.40. The zero-order chi connectivity index (χ0) is 20.0. The lowest BCUT2D eigenvalue weighted by Gasteiger charge is -2.41. The zero-order valence-corrected chi connectivity index (χ0v) is 17.2. The molecule has 1 unspecified atom stereocenters. The molecular formula is C22H21BrF3NO. The third-order valence-electron chi connectivity index (χ3n) is 5.64. The SMILES string of the molecule is COc1cc2c(cc1Br)C=C[C@@H](C1CC1)N2C(C)c1cccc(C(F)F)c1F. The van der Waals surface area contributed by atoms with E-state index in [1.807, 2.05) is 19.1 Å². The highest BCUT2D eigenvalue weighted by atomic mass is 79.9. The van der Waals surface area contributed by atoms with Crippen molar-refractivity contribution in [1.82, 2.24) is 0 Å². The van der Waals surface area contributed by atoms with E-state index < -0.39 is 23.8 Å². The Balaban J connectivity index is 1.83. The second-order valence-corrected chi connectivity index (χ2v) is 8.22. The molecule has 0 N–H and O–H groups in total. The number of anilines is 1. The Labute approximate surface area is 171 Å². The number of hydrogen-bond donors (Lipinski definition) is 0. The van der Waals surface area contributed by atoms with E-state index >= 15 is 0 Å². The van der Waals surface area contributed by atoms with Gasteiger partial charge in [0, 0.05) is 17.3 Å². The first-order valence-corrected chi connectivity index (χ1v) is 10.1. The van der Waals surface area contributed by atoms with Crippen LogP contribution in [-0.4, -0.2) is 13.2 Å². The van der Waals surface area contributed by atoms with Gasteiger partial charge in [0.15, 0.2) is 0 Å². The Morgan fingerprint density at radius 1 is 1.18 bits per heavy atom. The minimum Gasteiger partial charge on any atom is -0.495 e. The molecule has 148 valence electrons. The van der Waals surface area contributed by atoms with Crippen molar-refractivity contribution < 1.29 is 17.9 Å². The van der Waals surface area contributed by atoms with Gasteiger partial charge in [-0.15, -0.1) is 0 Å². The molecule has 0 saturated heterocycles. The van der Waals surface area contributed by atoms with E-state index in [2.05, 4.69) is 33.0 Å². The number of halogens is 4. The number of hydrogen-bond acceptors (Lipinski definition) is 2. The molecule has 1 fully saturated rings. The third kappa shape index (κ3) is 3.32. The highest BCUT2D eigenvalue weighted by molar-refractivity contribution is 9.10. The number of nitrogens with zero attached hydrogens (tertiary/aromatic N) is 1. The van der Waals surface area contributed by atoms with Gasteiger partial charge in [0.25, 0.3) is 6.43 Å². The molecule has 1 aliphatic heterocycles. The Hall–Kier alpha value is -1.95. The van der Waals surface area contributed by atoms with Gasteiger partial charge in [-0.2, -0.15) is 0 Å². The lowest BCUT2D eigenvalue weighted by molar-refractivity contribution is 0.146. The second kappa shape index (κ2) is 7.47. The van der Waals surface area contributed by atoms with Crippen LogP contribution in [-0.2, 0) is 0 Å². The van der Waals surface area contributed by atoms with Gasteiger partial charge in [0.05, 0.1) is 29.2 Å². The van der Waals surface area contributed by atoms with E-state index in [9.17, 15) is 13.2 Å². The van der Waals surface area contributed by atoms with Gasteiger partial charge in [-0.05, 0) is 53.2 Å². The summed E-state index contributed by atoms with van der Waals surface area (Å²) in [5.41, 5.74) is 1.65. The average Bonchev–Trinajstić information content (AvgIpc) is 3.51. The van der Waals surface area contributed by atoms with E-state index in [-0.39, 0.29) is 11.6 Å². The van der Waals surface area contributed by atoms with Gasteiger partial charge in [-0.3, -0.25) is 0 Å². The lowest BCUT2D eigenvalue weighted by atomic mass is 9.94. The molecule has 2 aromatic rings. The predicted molar refractivity (Wildman–Crippen MR) is 108 cm³/mol. The molecule has 1 heterocycles. The molecule has 0 amide bonds. The molecule has 1 saturated carbocycles. The van der Waals surface area contributed by atoms with E-state index in [1.54, 1.807) is 13.2 Å². The fourth-order valence-corrected chi connectivity index (χ4v) is 4.55. The summed E-state index contributed by atoms with van der Waals surface area (Å²) in [7, 11) is 1.60. The molecule has 2 nitrogen and oxygen atoms in total. The van der Waals surface area contributed by atoms with Gasteiger partial charge in [-0.25, -0.2) is 13.2 Å². The smallest absolute Gasteiger partial charge is 0.266 e. The molecule has 28 heavy (non-hydrogen) atoms. The fraction of sp³-hybridized carbons (Fsp3) is 0.364. The molecule has 1 aliphatic carbocycles.